The fraction of sp³-hybridized carbons (Fsp3) is 0.538. The van der Waals surface area contributed by atoms with E-state index in [4.69, 9.17) is 4.74 Å². The van der Waals surface area contributed by atoms with Crippen molar-refractivity contribution in [3.8, 4) is 5.88 Å². The van der Waals surface area contributed by atoms with E-state index in [1.54, 1.807) is 4.90 Å². The summed E-state index contributed by atoms with van der Waals surface area (Å²) in [5, 5.41) is 0. The van der Waals surface area contributed by atoms with Gasteiger partial charge in [0.2, 0.25) is 5.88 Å². The second-order valence-electron chi connectivity index (χ2n) is 4.72. The number of amides is 1. The maximum absolute atomic E-state index is 12.2. The lowest BCUT2D eigenvalue weighted by Crippen LogP contribution is -2.44. The van der Waals surface area contributed by atoms with Crippen molar-refractivity contribution < 1.29 is 27.4 Å². The molecule has 0 N–H and O–H groups in total. The van der Waals surface area contributed by atoms with Crippen LogP contribution in [0.25, 0.3) is 0 Å². The Kier molecular flexibility index (Phi) is 4.66. The summed E-state index contributed by atoms with van der Waals surface area (Å²) in [6, 6.07) is 2.66. The minimum atomic E-state index is -4.42. The van der Waals surface area contributed by atoms with Gasteiger partial charge in [0.05, 0.1) is 18.3 Å². The normalized spacial score (nSPS) is 19.4. The highest BCUT2D eigenvalue weighted by molar-refractivity contribution is 5.94. The molecule has 0 aliphatic carbocycles. The number of carbonyl (C=O) groups excluding carboxylic acids is 1. The Bertz CT molecular complexity index is 490. The second-order valence-corrected chi connectivity index (χ2v) is 4.72. The maximum atomic E-state index is 12.2. The molecule has 0 bridgehead atoms. The molecule has 1 aliphatic rings. The lowest BCUT2D eigenvalue weighted by atomic mass is 10.2. The molecule has 21 heavy (non-hydrogen) atoms. The molecule has 1 aliphatic heterocycles. The monoisotopic (exact) mass is 304 g/mol. The third-order valence-electron chi connectivity index (χ3n) is 2.90. The average molecular weight is 304 g/mol. The van der Waals surface area contributed by atoms with Gasteiger partial charge in [-0.1, -0.05) is 0 Å². The highest BCUT2D eigenvalue weighted by Crippen LogP contribution is 2.17. The molecule has 0 radical (unpaired) electrons. The fourth-order valence-corrected chi connectivity index (χ4v) is 1.93. The second kappa shape index (κ2) is 6.30. The molecule has 0 aromatic carbocycles. The third kappa shape index (κ3) is 4.59. The van der Waals surface area contributed by atoms with Gasteiger partial charge in [-0.2, -0.15) is 13.2 Å². The SMILES string of the molecule is C[C@H]1CN(C(=O)c2ccc(OCC(F)(F)F)nc2)CCO1. The van der Waals surface area contributed by atoms with Crippen LogP contribution in [0.1, 0.15) is 17.3 Å². The fourth-order valence-electron chi connectivity index (χ4n) is 1.93. The van der Waals surface area contributed by atoms with Crippen molar-refractivity contribution in [3.63, 3.8) is 0 Å². The minimum absolute atomic E-state index is 0.0370. The van der Waals surface area contributed by atoms with Crippen molar-refractivity contribution in [2.24, 2.45) is 0 Å². The Morgan fingerprint density at radius 1 is 1.52 bits per heavy atom. The third-order valence-corrected chi connectivity index (χ3v) is 2.90. The van der Waals surface area contributed by atoms with Crippen molar-refractivity contribution in [2.75, 3.05) is 26.3 Å². The summed E-state index contributed by atoms with van der Waals surface area (Å²) in [5.41, 5.74) is 0.309. The van der Waals surface area contributed by atoms with Gasteiger partial charge in [0, 0.05) is 25.4 Å². The minimum Gasteiger partial charge on any atom is -0.468 e. The smallest absolute Gasteiger partial charge is 0.422 e. The van der Waals surface area contributed by atoms with E-state index in [-0.39, 0.29) is 17.9 Å². The van der Waals surface area contributed by atoms with Crippen molar-refractivity contribution in [3.05, 3.63) is 23.9 Å². The summed E-state index contributed by atoms with van der Waals surface area (Å²) < 4.78 is 45.8. The first-order valence-corrected chi connectivity index (χ1v) is 6.41. The van der Waals surface area contributed by atoms with Gasteiger partial charge >= 0.3 is 6.18 Å². The van der Waals surface area contributed by atoms with Crippen molar-refractivity contribution >= 4 is 5.91 Å². The zero-order valence-corrected chi connectivity index (χ0v) is 11.4. The van der Waals surface area contributed by atoms with Crippen LogP contribution in [-0.4, -0.2) is 54.4 Å². The van der Waals surface area contributed by atoms with Crippen LogP contribution in [0, 0.1) is 0 Å². The van der Waals surface area contributed by atoms with Gasteiger partial charge in [0.1, 0.15) is 0 Å². The van der Waals surface area contributed by atoms with Gasteiger partial charge in [-0.3, -0.25) is 4.79 Å². The highest BCUT2D eigenvalue weighted by Gasteiger charge is 2.28. The number of hydrogen-bond acceptors (Lipinski definition) is 4. The molecule has 116 valence electrons. The van der Waals surface area contributed by atoms with Gasteiger partial charge in [-0.25, -0.2) is 4.98 Å². The molecule has 8 heteroatoms. The number of nitrogens with zero attached hydrogens (tertiary/aromatic N) is 2. The first-order valence-electron chi connectivity index (χ1n) is 6.41. The first kappa shape index (κ1) is 15.6. The number of carbonyl (C=O) groups is 1. The van der Waals surface area contributed by atoms with Gasteiger partial charge in [0.15, 0.2) is 6.61 Å². The van der Waals surface area contributed by atoms with E-state index in [1.165, 1.54) is 18.3 Å². The van der Waals surface area contributed by atoms with Gasteiger partial charge < -0.3 is 14.4 Å². The molecular formula is C13H15F3N2O3. The molecule has 5 nitrogen and oxygen atoms in total. The molecule has 1 fully saturated rings. The van der Waals surface area contributed by atoms with E-state index in [0.717, 1.165) is 0 Å². The topological polar surface area (TPSA) is 51.7 Å². The van der Waals surface area contributed by atoms with Crippen molar-refractivity contribution in [2.45, 2.75) is 19.2 Å². The standard InChI is InChI=1S/C13H15F3N2O3/c1-9-7-18(4-5-20-9)12(19)10-2-3-11(17-6-10)21-8-13(14,15)16/h2-3,6,9H,4-5,7-8H2,1H3/t9-/m0/s1. The Hall–Kier alpha value is -1.83. The van der Waals surface area contributed by atoms with Crippen LogP contribution < -0.4 is 4.74 Å². The number of halogens is 3. The zero-order chi connectivity index (χ0) is 15.5. The number of rotatable bonds is 3. The Morgan fingerprint density at radius 2 is 2.29 bits per heavy atom. The number of aromatic nitrogens is 1. The van der Waals surface area contributed by atoms with E-state index in [1.807, 2.05) is 6.92 Å². The molecule has 0 spiro atoms. The van der Waals surface area contributed by atoms with Crippen molar-refractivity contribution in [1.82, 2.24) is 9.88 Å². The lowest BCUT2D eigenvalue weighted by molar-refractivity contribution is -0.154. The van der Waals surface area contributed by atoms with E-state index in [0.29, 0.717) is 25.3 Å². The molecule has 2 heterocycles. The molecule has 2 rings (SSSR count). The molecule has 0 unspecified atom stereocenters. The Labute approximate surface area is 119 Å². The van der Waals surface area contributed by atoms with Crippen LogP contribution in [0.2, 0.25) is 0 Å². The lowest BCUT2D eigenvalue weighted by Gasteiger charge is -2.31. The van der Waals surface area contributed by atoms with E-state index < -0.39 is 12.8 Å². The molecule has 1 saturated heterocycles. The summed E-state index contributed by atoms with van der Waals surface area (Å²) in [7, 11) is 0. The summed E-state index contributed by atoms with van der Waals surface area (Å²) in [6.45, 7) is 1.88. The van der Waals surface area contributed by atoms with Gasteiger partial charge in [0.25, 0.3) is 5.91 Å². The predicted octanol–water partition coefficient (Wildman–Crippen LogP) is 1.88. The number of ether oxygens (including phenoxy) is 2. The largest absolute Gasteiger partial charge is 0.468 e. The molecule has 1 aromatic heterocycles. The van der Waals surface area contributed by atoms with Crippen LogP contribution in [0.5, 0.6) is 5.88 Å². The summed E-state index contributed by atoms with van der Waals surface area (Å²) in [6.07, 6.45) is -3.24. The number of pyridine rings is 1. The molecule has 1 atom stereocenters. The summed E-state index contributed by atoms with van der Waals surface area (Å²) >= 11 is 0. The summed E-state index contributed by atoms with van der Waals surface area (Å²) in [4.78, 5) is 17.5. The quantitative estimate of drug-likeness (QED) is 0.855. The van der Waals surface area contributed by atoms with Crippen molar-refractivity contribution in [1.29, 1.82) is 0 Å². The van der Waals surface area contributed by atoms with Gasteiger partial charge in [-0.15, -0.1) is 0 Å². The van der Waals surface area contributed by atoms with Crippen LogP contribution in [0.15, 0.2) is 18.3 Å². The molecular weight excluding hydrogens is 289 g/mol. The first-order chi connectivity index (χ1) is 9.85. The van der Waals surface area contributed by atoms with Crippen LogP contribution in [-0.2, 0) is 4.74 Å². The Morgan fingerprint density at radius 3 is 2.86 bits per heavy atom. The number of morpholine rings is 1. The van der Waals surface area contributed by atoms with Crippen LogP contribution in [0.4, 0.5) is 13.2 Å². The van der Waals surface area contributed by atoms with Crippen LogP contribution >= 0.6 is 0 Å². The summed E-state index contributed by atoms with van der Waals surface area (Å²) in [5.74, 6) is -0.390. The molecule has 1 amide bonds. The van der Waals surface area contributed by atoms with Gasteiger partial charge in [-0.05, 0) is 13.0 Å². The predicted molar refractivity (Wildman–Crippen MR) is 67.1 cm³/mol. The van der Waals surface area contributed by atoms with Crippen LogP contribution in [0.3, 0.4) is 0 Å². The maximum Gasteiger partial charge on any atom is 0.422 e. The number of alkyl halides is 3. The average Bonchev–Trinajstić information content (AvgIpc) is 2.44. The highest BCUT2D eigenvalue weighted by atomic mass is 19.4. The van der Waals surface area contributed by atoms with E-state index in [2.05, 4.69) is 9.72 Å². The Balaban J connectivity index is 1.96. The van der Waals surface area contributed by atoms with E-state index in [9.17, 15) is 18.0 Å². The molecule has 0 saturated carbocycles. The molecule has 1 aromatic rings. The zero-order valence-electron chi connectivity index (χ0n) is 11.4. The number of hydrogen-bond donors (Lipinski definition) is 0. The van der Waals surface area contributed by atoms with E-state index >= 15 is 0 Å².